The lowest BCUT2D eigenvalue weighted by Gasteiger charge is -2.31. The molecule has 0 radical (unpaired) electrons. The van der Waals surface area contributed by atoms with Crippen molar-refractivity contribution in [3.05, 3.63) is 46.8 Å². The van der Waals surface area contributed by atoms with Gasteiger partial charge in [0.25, 0.3) is 5.91 Å². The average Bonchev–Trinajstić information content (AvgIpc) is 3.20. The Kier molecular flexibility index (Phi) is 9.21. The number of amides is 1. The number of aromatic nitrogens is 1. The first-order valence-electron chi connectivity index (χ1n) is 14.4. The highest BCUT2D eigenvalue weighted by Gasteiger charge is 2.29. The molecule has 1 unspecified atom stereocenters. The van der Waals surface area contributed by atoms with E-state index in [1.54, 1.807) is 6.07 Å². The number of likely N-dealkylation sites (N-methyl/N-ethyl adjacent to an activating group) is 1. The minimum absolute atomic E-state index is 0.0240. The van der Waals surface area contributed by atoms with Gasteiger partial charge in [-0.05, 0) is 69.7 Å². The number of nitrogens with zero attached hydrogens (tertiary/aromatic N) is 2. The number of hydrogen-bond donors (Lipinski definition) is 2. The Morgan fingerprint density at radius 1 is 1.10 bits per heavy atom. The Morgan fingerprint density at radius 3 is 2.44 bits per heavy atom. The first kappa shape index (κ1) is 30.3. The number of ketones is 1. The molecule has 1 aromatic carbocycles. The third-order valence-corrected chi connectivity index (χ3v) is 7.74. The Balaban J connectivity index is 1.40. The molecule has 0 spiro atoms. The Morgan fingerprint density at radius 2 is 1.80 bits per heavy atom. The van der Waals surface area contributed by atoms with Crippen molar-refractivity contribution >= 4 is 29.3 Å². The number of benzene rings is 1. The summed E-state index contributed by atoms with van der Waals surface area (Å²) in [4.78, 5) is 48.9. The second kappa shape index (κ2) is 12.5. The first-order chi connectivity index (χ1) is 19.3. The van der Waals surface area contributed by atoms with Crippen molar-refractivity contribution in [1.29, 1.82) is 0 Å². The molecular formula is C31H43N4O6+. The molecule has 0 saturated heterocycles. The molecule has 3 N–H and O–H groups in total. The van der Waals surface area contributed by atoms with Crippen molar-refractivity contribution in [2.75, 3.05) is 33.0 Å². The second-order valence-corrected chi connectivity index (χ2v) is 12.4. The predicted octanol–water partition coefficient (Wildman–Crippen LogP) is 3.70. The average molecular weight is 568 g/mol. The molecule has 2 aliphatic carbocycles. The zero-order chi connectivity index (χ0) is 29.9. The standard InChI is InChI=1S/C31H42N4O6/c1-19-15-26-28(7-6-8-29(26)37)34(19)22-11-14-25(31(32)39)27(16-22)33-21-9-12-23(13-10-21)41-30(38)17-24(40-20(2)36)18-35(3,4)5/h11,14-16,21,23-24H,6-10,12-13,17-18H2,1-5H3,(H2-,32,33,39)/p+1. The molecule has 2 aliphatic rings. The van der Waals surface area contributed by atoms with E-state index in [2.05, 4.69) is 9.88 Å². The molecule has 1 fully saturated rings. The molecule has 222 valence electrons. The van der Waals surface area contributed by atoms with Crippen LogP contribution in [0.2, 0.25) is 0 Å². The van der Waals surface area contributed by atoms with Gasteiger partial charge in [0.2, 0.25) is 0 Å². The number of ether oxygens (including phenoxy) is 2. The molecule has 0 bridgehead atoms. The number of primary amides is 1. The number of Topliss-reactive ketones (excluding diaryl/α,β-unsaturated/α-hetero) is 1. The number of nitrogens with one attached hydrogen (secondary N) is 1. The third-order valence-electron chi connectivity index (χ3n) is 7.74. The van der Waals surface area contributed by atoms with E-state index in [0.717, 1.165) is 48.3 Å². The fourth-order valence-electron chi connectivity index (χ4n) is 6.05. The maximum atomic E-state index is 12.7. The van der Waals surface area contributed by atoms with Gasteiger partial charge in [0.05, 0.1) is 33.1 Å². The van der Waals surface area contributed by atoms with Crippen molar-refractivity contribution in [1.82, 2.24) is 4.57 Å². The molecule has 10 nitrogen and oxygen atoms in total. The van der Waals surface area contributed by atoms with Crippen LogP contribution in [0.3, 0.4) is 0 Å². The summed E-state index contributed by atoms with van der Waals surface area (Å²) in [7, 11) is 5.93. The van der Waals surface area contributed by atoms with Crippen LogP contribution < -0.4 is 11.1 Å². The maximum absolute atomic E-state index is 12.7. The summed E-state index contributed by atoms with van der Waals surface area (Å²) in [6.45, 7) is 3.84. The van der Waals surface area contributed by atoms with Gasteiger partial charge in [-0.25, -0.2) is 0 Å². The van der Waals surface area contributed by atoms with Gasteiger partial charge in [0.1, 0.15) is 12.6 Å². The summed E-state index contributed by atoms with van der Waals surface area (Å²) >= 11 is 0. The Labute approximate surface area is 241 Å². The van der Waals surface area contributed by atoms with E-state index < -0.39 is 18.0 Å². The number of hydrogen-bond acceptors (Lipinski definition) is 7. The molecule has 1 atom stereocenters. The molecule has 1 aromatic heterocycles. The molecule has 0 aliphatic heterocycles. The van der Waals surface area contributed by atoms with Crippen molar-refractivity contribution in [3.63, 3.8) is 0 Å². The third kappa shape index (κ3) is 7.75. The molecule has 10 heteroatoms. The zero-order valence-electron chi connectivity index (χ0n) is 24.8. The highest BCUT2D eigenvalue weighted by molar-refractivity contribution is 6.00. The molecule has 1 heterocycles. The molecular weight excluding hydrogens is 524 g/mol. The second-order valence-electron chi connectivity index (χ2n) is 12.4. The van der Waals surface area contributed by atoms with Gasteiger partial charge in [-0.3, -0.25) is 19.2 Å². The predicted molar refractivity (Wildman–Crippen MR) is 155 cm³/mol. The van der Waals surface area contributed by atoms with Gasteiger partial charge in [-0.15, -0.1) is 0 Å². The van der Waals surface area contributed by atoms with Crippen LogP contribution in [0, 0.1) is 6.92 Å². The van der Waals surface area contributed by atoms with Gasteiger partial charge < -0.3 is 29.6 Å². The van der Waals surface area contributed by atoms with E-state index in [9.17, 15) is 19.2 Å². The number of rotatable bonds is 10. The van der Waals surface area contributed by atoms with Crippen molar-refractivity contribution in [3.8, 4) is 5.69 Å². The highest BCUT2D eigenvalue weighted by atomic mass is 16.6. The lowest BCUT2D eigenvalue weighted by atomic mass is 9.92. The quantitative estimate of drug-likeness (QED) is 0.331. The van der Waals surface area contributed by atoms with Crippen molar-refractivity contribution in [2.24, 2.45) is 5.73 Å². The SMILES string of the molecule is CC(=O)OC(CC(=O)OC1CCC(Nc2cc(-n3c(C)cc4c3CCCC4=O)ccc2C(N)=O)CC1)C[N+](C)(C)C. The normalized spacial score (nSPS) is 19.7. The summed E-state index contributed by atoms with van der Waals surface area (Å²) in [5.74, 6) is -1.12. The van der Waals surface area contributed by atoms with Crippen LogP contribution in [0.1, 0.15) is 84.0 Å². The molecule has 2 aromatic rings. The maximum Gasteiger partial charge on any atom is 0.310 e. The summed E-state index contributed by atoms with van der Waals surface area (Å²) in [6.07, 6.45) is 4.35. The molecule has 41 heavy (non-hydrogen) atoms. The van der Waals surface area contributed by atoms with Crippen LogP contribution in [0.25, 0.3) is 5.69 Å². The summed E-state index contributed by atoms with van der Waals surface area (Å²) < 4.78 is 13.8. The lowest BCUT2D eigenvalue weighted by Crippen LogP contribution is -2.44. The van der Waals surface area contributed by atoms with Crippen LogP contribution in [-0.2, 0) is 25.5 Å². The van der Waals surface area contributed by atoms with E-state index in [4.69, 9.17) is 15.2 Å². The van der Waals surface area contributed by atoms with Gasteiger partial charge in [0, 0.05) is 47.7 Å². The van der Waals surface area contributed by atoms with Crippen molar-refractivity contribution in [2.45, 2.75) is 83.5 Å². The van der Waals surface area contributed by atoms with Gasteiger partial charge in [-0.1, -0.05) is 0 Å². The number of aryl methyl sites for hydroxylation is 1. The van der Waals surface area contributed by atoms with Crippen LogP contribution in [-0.4, -0.2) is 78.6 Å². The van der Waals surface area contributed by atoms with E-state index in [1.165, 1.54) is 6.92 Å². The summed E-state index contributed by atoms with van der Waals surface area (Å²) in [5, 5.41) is 3.51. The fourth-order valence-corrected chi connectivity index (χ4v) is 6.05. The largest absolute Gasteiger partial charge is 0.462 e. The number of fused-ring (bicyclic) bond motifs is 1. The van der Waals surface area contributed by atoms with Crippen molar-refractivity contribution < 1.29 is 33.1 Å². The fraction of sp³-hybridized carbons (Fsp3) is 0.548. The number of esters is 2. The lowest BCUT2D eigenvalue weighted by molar-refractivity contribution is -0.873. The zero-order valence-corrected chi connectivity index (χ0v) is 24.8. The Bertz CT molecular complexity index is 1320. The topological polar surface area (TPSA) is 130 Å². The van der Waals surface area contributed by atoms with Crippen LogP contribution in [0.4, 0.5) is 5.69 Å². The smallest absolute Gasteiger partial charge is 0.310 e. The number of anilines is 1. The number of carbonyl (C=O) groups is 4. The summed E-state index contributed by atoms with van der Waals surface area (Å²) in [5.41, 5.74) is 10.4. The van der Waals surface area contributed by atoms with Gasteiger partial charge in [0.15, 0.2) is 11.9 Å². The van der Waals surface area contributed by atoms with E-state index in [-0.39, 0.29) is 30.3 Å². The Hall–Kier alpha value is -3.66. The van der Waals surface area contributed by atoms with Gasteiger partial charge >= 0.3 is 11.9 Å². The summed E-state index contributed by atoms with van der Waals surface area (Å²) in [6, 6.07) is 7.56. The monoisotopic (exact) mass is 567 g/mol. The molecule has 4 rings (SSSR count). The highest BCUT2D eigenvalue weighted by Crippen LogP contribution is 2.32. The van der Waals surface area contributed by atoms with E-state index in [1.807, 2.05) is 46.3 Å². The first-order valence-corrected chi connectivity index (χ1v) is 14.4. The molecule has 1 saturated carbocycles. The van der Waals surface area contributed by atoms with Crippen LogP contribution >= 0.6 is 0 Å². The molecule has 1 amide bonds. The number of nitrogens with two attached hydrogens (primary N) is 1. The van der Waals surface area contributed by atoms with Crippen LogP contribution in [0.15, 0.2) is 24.3 Å². The minimum Gasteiger partial charge on any atom is -0.462 e. The van der Waals surface area contributed by atoms with Crippen LogP contribution in [0.5, 0.6) is 0 Å². The van der Waals surface area contributed by atoms with Gasteiger partial charge in [-0.2, -0.15) is 0 Å². The van der Waals surface area contributed by atoms with E-state index in [0.29, 0.717) is 41.5 Å². The van der Waals surface area contributed by atoms with E-state index >= 15 is 0 Å². The number of quaternary nitrogens is 1. The number of carbonyl (C=O) groups excluding carboxylic acids is 4. The minimum atomic E-state index is -0.537.